The second kappa shape index (κ2) is 7.13. The SMILES string of the molecule is Cn1ccnc1[C@@H]1NC(=O)CC[C@H]1NCc1ccn(-c2ccccc2)n1. The fourth-order valence-corrected chi connectivity index (χ4v) is 3.36. The zero-order valence-corrected chi connectivity index (χ0v) is 14.7. The van der Waals surface area contributed by atoms with E-state index in [1.54, 1.807) is 6.20 Å². The van der Waals surface area contributed by atoms with Crippen LogP contribution in [0.2, 0.25) is 0 Å². The van der Waals surface area contributed by atoms with E-state index in [0.29, 0.717) is 13.0 Å². The third-order valence-electron chi connectivity index (χ3n) is 4.75. The lowest BCUT2D eigenvalue weighted by molar-refractivity contribution is -0.124. The Morgan fingerprint density at radius 1 is 1.23 bits per heavy atom. The number of aryl methyl sites for hydroxylation is 1. The monoisotopic (exact) mass is 350 g/mol. The average Bonchev–Trinajstić information content (AvgIpc) is 3.30. The molecule has 2 N–H and O–H groups in total. The lowest BCUT2D eigenvalue weighted by Gasteiger charge is -2.32. The highest BCUT2D eigenvalue weighted by atomic mass is 16.1. The van der Waals surface area contributed by atoms with Gasteiger partial charge in [-0.15, -0.1) is 0 Å². The standard InChI is InChI=1S/C19H22N6O/c1-24-12-10-20-19(24)18-16(7-8-17(26)22-18)21-13-14-9-11-25(23-14)15-5-3-2-4-6-15/h2-6,9-12,16,18,21H,7-8,13H2,1H3,(H,22,26)/t16-,18-/m1/s1. The van der Waals surface area contributed by atoms with Crippen LogP contribution in [0, 0.1) is 0 Å². The smallest absolute Gasteiger partial charge is 0.220 e. The summed E-state index contributed by atoms with van der Waals surface area (Å²) in [6.07, 6.45) is 6.92. The highest BCUT2D eigenvalue weighted by Crippen LogP contribution is 2.23. The molecule has 7 heteroatoms. The number of nitrogens with one attached hydrogen (secondary N) is 2. The molecule has 134 valence electrons. The number of benzene rings is 1. The summed E-state index contributed by atoms with van der Waals surface area (Å²) >= 11 is 0. The summed E-state index contributed by atoms with van der Waals surface area (Å²) in [5.74, 6) is 0.940. The number of nitrogens with zero attached hydrogens (tertiary/aromatic N) is 4. The molecule has 2 aromatic heterocycles. The summed E-state index contributed by atoms with van der Waals surface area (Å²) in [6, 6.07) is 12.0. The second-order valence-electron chi connectivity index (χ2n) is 6.55. The maximum Gasteiger partial charge on any atom is 0.220 e. The predicted molar refractivity (Wildman–Crippen MR) is 97.5 cm³/mol. The molecule has 1 fully saturated rings. The Morgan fingerprint density at radius 3 is 2.85 bits per heavy atom. The van der Waals surface area contributed by atoms with E-state index in [1.807, 2.05) is 65.1 Å². The number of rotatable bonds is 5. The van der Waals surface area contributed by atoms with E-state index in [0.717, 1.165) is 23.6 Å². The molecule has 1 saturated heterocycles. The average molecular weight is 350 g/mol. The topological polar surface area (TPSA) is 76.8 Å². The number of hydrogen-bond donors (Lipinski definition) is 2. The van der Waals surface area contributed by atoms with Gasteiger partial charge in [0.05, 0.1) is 11.4 Å². The third-order valence-corrected chi connectivity index (χ3v) is 4.75. The number of amides is 1. The summed E-state index contributed by atoms with van der Waals surface area (Å²) < 4.78 is 3.82. The largest absolute Gasteiger partial charge is 0.345 e. The molecule has 1 aliphatic heterocycles. The van der Waals surface area contributed by atoms with Gasteiger partial charge in [0.2, 0.25) is 5.91 Å². The Balaban J connectivity index is 1.45. The van der Waals surface area contributed by atoms with Crippen LogP contribution in [-0.2, 0) is 18.4 Å². The quantitative estimate of drug-likeness (QED) is 0.734. The fourth-order valence-electron chi connectivity index (χ4n) is 3.36. The minimum absolute atomic E-state index is 0.0735. The van der Waals surface area contributed by atoms with Gasteiger partial charge in [0, 0.05) is 44.6 Å². The maximum atomic E-state index is 11.9. The molecule has 4 rings (SSSR count). The van der Waals surface area contributed by atoms with Gasteiger partial charge in [0.1, 0.15) is 11.9 Å². The van der Waals surface area contributed by atoms with Crippen molar-refractivity contribution in [3.63, 3.8) is 0 Å². The zero-order valence-electron chi connectivity index (χ0n) is 14.7. The van der Waals surface area contributed by atoms with Gasteiger partial charge in [-0.2, -0.15) is 5.10 Å². The first kappa shape index (κ1) is 16.5. The summed E-state index contributed by atoms with van der Waals surface area (Å²) in [4.78, 5) is 16.3. The van der Waals surface area contributed by atoms with Crippen LogP contribution < -0.4 is 10.6 Å². The van der Waals surface area contributed by atoms with E-state index >= 15 is 0 Å². The fraction of sp³-hybridized carbons (Fsp3) is 0.316. The summed E-state index contributed by atoms with van der Waals surface area (Å²) in [7, 11) is 1.95. The Bertz CT molecular complexity index is 884. The Morgan fingerprint density at radius 2 is 2.08 bits per heavy atom. The molecule has 0 aliphatic carbocycles. The van der Waals surface area contributed by atoms with Gasteiger partial charge < -0.3 is 15.2 Å². The lowest BCUT2D eigenvalue weighted by Crippen LogP contribution is -2.49. The molecule has 0 radical (unpaired) electrons. The van der Waals surface area contributed by atoms with Gasteiger partial charge in [-0.3, -0.25) is 4.79 Å². The molecule has 1 aromatic carbocycles. The van der Waals surface area contributed by atoms with Crippen molar-refractivity contribution in [1.29, 1.82) is 0 Å². The van der Waals surface area contributed by atoms with Gasteiger partial charge in [-0.1, -0.05) is 18.2 Å². The van der Waals surface area contributed by atoms with Crippen LogP contribution in [0.15, 0.2) is 55.0 Å². The van der Waals surface area contributed by atoms with Gasteiger partial charge in [-0.05, 0) is 24.6 Å². The van der Waals surface area contributed by atoms with E-state index in [-0.39, 0.29) is 18.0 Å². The van der Waals surface area contributed by atoms with E-state index in [2.05, 4.69) is 20.7 Å². The number of piperidine rings is 1. The first-order chi connectivity index (χ1) is 12.7. The number of carbonyl (C=O) groups excluding carboxylic acids is 1. The Kier molecular flexibility index (Phi) is 4.53. The van der Waals surface area contributed by atoms with Crippen LogP contribution in [0.1, 0.15) is 30.4 Å². The lowest BCUT2D eigenvalue weighted by atomic mass is 9.97. The van der Waals surface area contributed by atoms with Crippen molar-refractivity contribution >= 4 is 5.91 Å². The zero-order chi connectivity index (χ0) is 17.9. The molecular weight excluding hydrogens is 328 g/mol. The molecule has 0 bridgehead atoms. The van der Waals surface area contributed by atoms with Gasteiger partial charge in [-0.25, -0.2) is 9.67 Å². The highest BCUT2D eigenvalue weighted by Gasteiger charge is 2.32. The minimum Gasteiger partial charge on any atom is -0.345 e. The predicted octanol–water partition coefficient (Wildman–Crippen LogP) is 1.72. The molecule has 0 unspecified atom stereocenters. The normalized spacial score (nSPS) is 20.1. The number of imidazole rings is 1. The molecule has 1 aliphatic rings. The molecule has 0 saturated carbocycles. The second-order valence-corrected chi connectivity index (χ2v) is 6.55. The van der Waals surface area contributed by atoms with Crippen molar-refractivity contribution in [1.82, 2.24) is 30.0 Å². The number of carbonyl (C=O) groups is 1. The van der Waals surface area contributed by atoms with Crippen LogP contribution in [0.3, 0.4) is 0 Å². The van der Waals surface area contributed by atoms with E-state index in [9.17, 15) is 4.79 Å². The van der Waals surface area contributed by atoms with Crippen molar-refractivity contribution in [2.75, 3.05) is 0 Å². The number of para-hydroxylation sites is 1. The van der Waals surface area contributed by atoms with Crippen molar-refractivity contribution in [2.24, 2.45) is 7.05 Å². The molecule has 1 amide bonds. The summed E-state index contributed by atoms with van der Waals surface area (Å²) in [6.45, 7) is 0.640. The summed E-state index contributed by atoms with van der Waals surface area (Å²) in [5, 5.41) is 11.2. The Hall–Kier alpha value is -2.93. The van der Waals surface area contributed by atoms with Crippen LogP contribution >= 0.6 is 0 Å². The molecule has 3 heterocycles. The van der Waals surface area contributed by atoms with Crippen LogP contribution in [0.5, 0.6) is 0 Å². The Labute approximate surface area is 152 Å². The van der Waals surface area contributed by atoms with Gasteiger partial charge in [0.25, 0.3) is 0 Å². The molecule has 3 aromatic rings. The van der Waals surface area contributed by atoms with Crippen molar-refractivity contribution in [3.05, 3.63) is 66.5 Å². The number of hydrogen-bond acceptors (Lipinski definition) is 4. The highest BCUT2D eigenvalue weighted by molar-refractivity contribution is 5.77. The molecular formula is C19H22N6O. The van der Waals surface area contributed by atoms with E-state index < -0.39 is 0 Å². The first-order valence-electron chi connectivity index (χ1n) is 8.80. The van der Waals surface area contributed by atoms with Crippen molar-refractivity contribution in [3.8, 4) is 5.69 Å². The minimum atomic E-state index is -0.132. The van der Waals surface area contributed by atoms with E-state index in [4.69, 9.17) is 0 Å². The third kappa shape index (κ3) is 3.39. The molecule has 0 spiro atoms. The molecule has 2 atom stereocenters. The van der Waals surface area contributed by atoms with Crippen molar-refractivity contribution < 1.29 is 4.79 Å². The number of aromatic nitrogens is 4. The van der Waals surface area contributed by atoms with Gasteiger partial charge >= 0.3 is 0 Å². The maximum absolute atomic E-state index is 11.9. The molecule has 26 heavy (non-hydrogen) atoms. The van der Waals surface area contributed by atoms with Crippen LogP contribution in [-0.4, -0.2) is 31.3 Å². The van der Waals surface area contributed by atoms with Crippen LogP contribution in [0.25, 0.3) is 5.69 Å². The van der Waals surface area contributed by atoms with E-state index in [1.165, 1.54) is 0 Å². The van der Waals surface area contributed by atoms with Crippen LogP contribution in [0.4, 0.5) is 0 Å². The molecule has 7 nitrogen and oxygen atoms in total. The summed E-state index contributed by atoms with van der Waals surface area (Å²) in [5.41, 5.74) is 2.00. The van der Waals surface area contributed by atoms with Gasteiger partial charge in [0.15, 0.2) is 0 Å². The van der Waals surface area contributed by atoms with Crippen molar-refractivity contribution in [2.45, 2.75) is 31.5 Å². The first-order valence-corrected chi connectivity index (χ1v) is 8.80.